The van der Waals surface area contributed by atoms with Crippen molar-refractivity contribution in [3.63, 3.8) is 0 Å². The minimum Gasteiger partial charge on any atom is -0.392 e. The highest BCUT2D eigenvalue weighted by atomic mass is 16.5. The van der Waals surface area contributed by atoms with Gasteiger partial charge in [0.25, 0.3) is 0 Å². The molecule has 3 N–H and O–H groups in total. The van der Waals surface area contributed by atoms with E-state index in [1.54, 1.807) is 0 Å². The Hall–Kier alpha value is -0.120. The van der Waals surface area contributed by atoms with E-state index in [1.165, 1.54) is 38.5 Å². The molecule has 0 aromatic carbocycles. The molecule has 1 atom stereocenters. The van der Waals surface area contributed by atoms with Gasteiger partial charge in [0, 0.05) is 13.2 Å². The Balaban J connectivity index is 2.04. The quantitative estimate of drug-likeness (QED) is 0.662. The van der Waals surface area contributed by atoms with Gasteiger partial charge in [0.05, 0.1) is 12.2 Å². The van der Waals surface area contributed by atoms with Gasteiger partial charge in [-0.2, -0.15) is 0 Å². The van der Waals surface area contributed by atoms with Gasteiger partial charge in [0.15, 0.2) is 0 Å². The molecule has 0 amide bonds. The lowest BCUT2D eigenvalue weighted by atomic mass is 10.1. The van der Waals surface area contributed by atoms with Crippen LogP contribution in [0, 0.1) is 0 Å². The zero-order chi connectivity index (χ0) is 10.2. The zero-order valence-electron chi connectivity index (χ0n) is 8.95. The summed E-state index contributed by atoms with van der Waals surface area (Å²) in [4.78, 5) is 0. The maximum atomic E-state index is 9.24. The Morgan fingerprint density at radius 3 is 2.43 bits per heavy atom. The Labute approximate surface area is 86.6 Å². The Morgan fingerprint density at radius 2 is 1.86 bits per heavy atom. The molecule has 1 aliphatic rings. The summed E-state index contributed by atoms with van der Waals surface area (Å²) in [5.74, 6) is 0. The number of hydrogen-bond donors (Lipinski definition) is 2. The van der Waals surface area contributed by atoms with Gasteiger partial charge in [-0.25, -0.2) is 0 Å². The van der Waals surface area contributed by atoms with Gasteiger partial charge < -0.3 is 15.6 Å². The molecule has 0 heterocycles. The molecule has 0 spiro atoms. The van der Waals surface area contributed by atoms with Gasteiger partial charge in [-0.1, -0.05) is 25.7 Å². The van der Waals surface area contributed by atoms with E-state index in [4.69, 9.17) is 10.5 Å². The van der Waals surface area contributed by atoms with Crippen molar-refractivity contribution in [3.8, 4) is 0 Å². The first kappa shape index (κ1) is 12.0. The molecule has 1 fully saturated rings. The molecular formula is C11H23NO2. The normalized spacial score (nSPS) is 21.9. The first-order chi connectivity index (χ1) is 6.83. The second kappa shape index (κ2) is 7.21. The molecule has 0 bridgehead atoms. The molecular weight excluding hydrogens is 178 g/mol. The van der Waals surface area contributed by atoms with Crippen molar-refractivity contribution in [2.45, 2.75) is 57.2 Å². The van der Waals surface area contributed by atoms with E-state index in [0.717, 1.165) is 0 Å². The standard InChI is InChI=1S/C11H23NO2/c12-9-10(13)7-8-14-11-5-3-1-2-4-6-11/h10-11,13H,1-9,12H2. The highest BCUT2D eigenvalue weighted by Crippen LogP contribution is 2.19. The molecule has 1 unspecified atom stereocenters. The molecule has 0 aromatic rings. The second-order valence-corrected chi connectivity index (χ2v) is 4.16. The lowest BCUT2D eigenvalue weighted by Gasteiger charge is -2.16. The summed E-state index contributed by atoms with van der Waals surface area (Å²) in [5.41, 5.74) is 5.31. The van der Waals surface area contributed by atoms with Crippen LogP contribution in [0.25, 0.3) is 0 Å². The molecule has 0 aromatic heterocycles. The van der Waals surface area contributed by atoms with Crippen LogP contribution < -0.4 is 5.73 Å². The van der Waals surface area contributed by atoms with Gasteiger partial charge in [-0.15, -0.1) is 0 Å². The predicted molar refractivity (Wildman–Crippen MR) is 57.1 cm³/mol. The van der Waals surface area contributed by atoms with Crippen LogP contribution in [0.15, 0.2) is 0 Å². The number of ether oxygens (including phenoxy) is 1. The third-order valence-corrected chi connectivity index (χ3v) is 2.88. The summed E-state index contributed by atoms with van der Waals surface area (Å²) in [6, 6.07) is 0. The summed E-state index contributed by atoms with van der Waals surface area (Å²) in [6.07, 6.45) is 8.40. The third kappa shape index (κ3) is 4.94. The van der Waals surface area contributed by atoms with Gasteiger partial charge in [-0.05, 0) is 19.3 Å². The first-order valence-corrected chi connectivity index (χ1v) is 5.82. The molecule has 0 saturated heterocycles. The van der Waals surface area contributed by atoms with Gasteiger partial charge in [0.1, 0.15) is 0 Å². The van der Waals surface area contributed by atoms with Gasteiger partial charge >= 0.3 is 0 Å². The average Bonchev–Trinajstić information content (AvgIpc) is 2.46. The van der Waals surface area contributed by atoms with Crippen molar-refractivity contribution in [1.29, 1.82) is 0 Å². The summed E-state index contributed by atoms with van der Waals surface area (Å²) >= 11 is 0. The fourth-order valence-electron chi connectivity index (χ4n) is 1.90. The van der Waals surface area contributed by atoms with Crippen molar-refractivity contribution in [1.82, 2.24) is 0 Å². The molecule has 0 aliphatic heterocycles. The van der Waals surface area contributed by atoms with E-state index in [-0.39, 0.29) is 6.10 Å². The van der Waals surface area contributed by atoms with E-state index in [2.05, 4.69) is 0 Å². The molecule has 1 saturated carbocycles. The lowest BCUT2D eigenvalue weighted by Crippen LogP contribution is -2.23. The SMILES string of the molecule is NCC(O)CCOC1CCCCCC1. The smallest absolute Gasteiger partial charge is 0.0684 e. The van der Waals surface area contributed by atoms with Crippen molar-refractivity contribution in [3.05, 3.63) is 0 Å². The molecule has 14 heavy (non-hydrogen) atoms. The summed E-state index contributed by atoms with van der Waals surface area (Å²) in [6.45, 7) is 0.997. The Kier molecular flexibility index (Phi) is 6.15. The molecule has 0 radical (unpaired) electrons. The maximum Gasteiger partial charge on any atom is 0.0684 e. The number of nitrogens with two attached hydrogens (primary N) is 1. The topological polar surface area (TPSA) is 55.5 Å². The Bertz CT molecular complexity index is 133. The number of aliphatic hydroxyl groups excluding tert-OH is 1. The molecule has 3 heteroatoms. The van der Waals surface area contributed by atoms with Crippen LogP contribution in [0.4, 0.5) is 0 Å². The van der Waals surface area contributed by atoms with Crippen LogP contribution in [-0.2, 0) is 4.74 Å². The fourth-order valence-corrected chi connectivity index (χ4v) is 1.90. The molecule has 3 nitrogen and oxygen atoms in total. The first-order valence-electron chi connectivity index (χ1n) is 5.82. The van der Waals surface area contributed by atoms with Crippen molar-refractivity contribution < 1.29 is 9.84 Å². The predicted octanol–water partition coefficient (Wildman–Crippen LogP) is 1.44. The van der Waals surface area contributed by atoms with E-state index in [9.17, 15) is 5.11 Å². The van der Waals surface area contributed by atoms with Gasteiger partial charge in [0.2, 0.25) is 0 Å². The van der Waals surface area contributed by atoms with E-state index >= 15 is 0 Å². The summed E-state index contributed by atoms with van der Waals surface area (Å²) < 4.78 is 5.72. The molecule has 84 valence electrons. The zero-order valence-corrected chi connectivity index (χ0v) is 8.95. The van der Waals surface area contributed by atoms with E-state index < -0.39 is 0 Å². The summed E-state index contributed by atoms with van der Waals surface area (Å²) in [7, 11) is 0. The second-order valence-electron chi connectivity index (χ2n) is 4.16. The van der Waals surface area contributed by atoms with Crippen LogP contribution in [0.1, 0.15) is 44.9 Å². The summed E-state index contributed by atoms with van der Waals surface area (Å²) in [5, 5.41) is 9.24. The highest BCUT2D eigenvalue weighted by Gasteiger charge is 2.12. The van der Waals surface area contributed by atoms with Crippen LogP contribution >= 0.6 is 0 Å². The van der Waals surface area contributed by atoms with E-state index in [0.29, 0.717) is 25.7 Å². The van der Waals surface area contributed by atoms with Crippen LogP contribution in [0.2, 0.25) is 0 Å². The van der Waals surface area contributed by atoms with Gasteiger partial charge in [-0.3, -0.25) is 0 Å². The molecule has 1 aliphatic carbocycles. The number of hydrogen-bond acceptors (Lipinski definition) is 3. The minimum atomic E-state index is -0.388. The van der Waals surface area contributed by atoms with Crippen LogP contribution in [-0.4, -0.2) is 30.5 Å². The monoisotopic (exact) mass is 201 g/mol. The lowest BCUT2D eigenvalue weighted by molar-refractivity contribution is 0.0222. The fraction of sp³-hybridized carbons (Fsp3) is 1.00. The number of aliphatic hydroxyl groups is 1. The van der Waals surface area contributed by atoms with Crippen LogP contribution in [0.5, 0.6) is 0 Å². The van der Waals surface area contributed by atoms with Crippen molar-refractivity contribution >= 4 is 0 Å². The minimum absolute atomic E-state index is 0.341. The highest BCUT2D eigenvalue weighted by molar-refractivity contribution is 4.64. The average molecular weight is 201 g/mol. The molecule has 1 rings (SSSR count). The number of rotatable bonds is 5. The van der Waals surface area contributed by atoms with E-state index in [1.807, 2.05) is 0 Å². The van der Waals surface area contributed by atoms with Crippen molar-refractivity contribution in [2.24, 2.45) is 5.73 Å². The Morgan fingerprint density at radius 1 is 1.21 bits per heavy atom. The largest absolute Gasteiger partial charge is 0.392 e. The van der Waals surface area contributed by atoms with Crippen LogP contribution in [0.3, 0.4) is 0 Å². The van der Waals surface area contributed by atoms with Crippen molar-refractivity contribution in [2.75, 3.05) is 13.2 Å². The maximum absolute atomic E-state index is 9.24. The third-order valence-electron chi connectivity index (χ3n) is 2.88.